The molecule has 0 aromatic carbocycles. The van der Waals surface area contributed by atoms with Crippen LogP contribution in [0.25, 0.3) is 0 Å². The summed E-state index contributed by atoms with van der Waals surface area (Å²) in [6.07, 6.45) is 5.23. The van der Waals surface area contributed by atoms with E-state index in [-0.39, 0.29) is 6.61 Å². The molecule has 1 aromatic rings. The van der Waals surface area contributed by atoms with Gasteiger partial charge in [0, 0.05) is 26.2 Å². The van der Waals surface area contributed by atoms with Gasteiger partial charge in [0.1, 0.15) is 0 Å². The second kappa shape index (κ2) is 5.61. The van der Waals surface area contributed by atoms with Crippen LogP contribution in [0.1, 0.15) is 38.3 Å². The number of aliphatic hydroxyl groups excluding tert-OH is 1. The number of hydrogen-bond acceptors (Lipinski definition) is 4. The Bertz CT molecular complexity index is 400. The highest BCUT2D eigenvalue weighted by Gasteiger charge is 2.27. The van der Waals surface area contributed by atoms with Gasteiger partial charge in [0.05, 0.1) is 11.4 Å². The summed E-state index contributed by atoms with van der Waals surface area (Å²) in [6, 6.07) is 0.395. The van der Waals surface area contributed by atoms with E-state index in [1.807, 2.05) is 11.7 Å². The Hall–Kier alpha value is -1.23. The summed E-state index contributed by atoms with van der Waals surface area (Å²) in [7, 11) is 1.95. The molecule has 1 aromatic heterocycles. The molecule has 18 heavy (non-hydrogen) atoms. The molecule has 0 radical (unpaired) electrons. The summed E-state index contributed by atoms with van der Waals surface area (Å²) in [5.74, 6) is 1.03. The third kappa shape index (κ3) is 2.32. The highest BCUT2D eigenvalue weighted by Crippen LogP contribution is 2.32. The van der Waals surface area contributed by atoms with E-state index in [2.05, 4.69) is 16.9 Å². The number of anilines is 2. The second-order valence-corrected chi connectivity index (χ2v) is 5.02. The topological polar surface area (TPSA) is 67.3 Å². The van der Waals surface area contributed by atoms with Gasteiger partial charge < -0.3 is 15.7 Å². The first-order valence-corrected chi connectivity index (χ1v) is 6.87. The molecule has 1 aliphatic rings. The standard InChI is InChI=1S/C13H24N4O/c1-3-11-12(14)13(16(2)15-11)17-8-5-4-6-10(17)7-9-18/h10,18H,3-9,14H2,1-2H3. The Kier molecular flexibility index (Phi) is 4.11. The lowest BCUT2D eigenvalue weighted by Crippen LogP contribution is -2.41. The minimum atomic E-state index is 0.236. The molecule has 2 rings (SSSR count). The van der Waals surface area contributed by atoms with Crippen LogP contribution in [-0.2, 0) is 13.5 Å². The van der Waals surface area contributed by atoms with Crippen LogP contribution >= 0.6 is 0 Å². The zero-order valence-corrected chi connectivity index (χ0v) is 11.4. The average Bonchev–Trinajstić information content (AvgIpc) is 2.66. The first-order valence-electron chi connectivity index (χ1n) is 6.87. The Morgan fingerprint density at radius 3 is 2.83 bits per heavy atom. The van der Waals surface area contributed by atoms with E-state index < -0.39 is 0 Å². The number of aliphatic hydroxyl groups is 1. The maximum absolute atomic E-state index is 9.19. The number of rotatable bonds is 4. The van der Waals surface area contributed by atoms with Gasteiger partial charge in [-0.3, -0.25) is 4.68 Å². The summed E-state index contributed by atoms with van der Waals surface area (Å²) >= 11 is 0. The number of aromatic nitrogens is 2. The molecule has 1 unspecified atom stereocenters. The molecule has 1 saturated heterocycles. The van der Waals surface area contributed by atoms with Gasteiger partial charge in [-0.15, -0.1) is 0 Å². The Morgan fingerprint density at radius 2 is 2.22 bits per heavy atom. The lowest BCUT2D eigenvalue weighted by atomic mass is 9.99. The zero-order chi connectivity index (χ0) is 13.1. The van der Waals surface area contributed by atoms with E-state index in [1.54, 1.807) is 0 Å². The van der Waals surface area contributed by atoms with Gasteiger partial charge in [-0.05, 0) is 32.1 Å². The number of nitrogen functional groups attached to an aromatic ring is 1. The molecular weight excluding hydrogens is 228 g/mol. The maximum Gasteiger partial charge on any atom is 0.150 e. The largest absolute Gasteiger partial charge is 0.396 e. The van der Waals surface area contributed by atoms with Gasteiger partial charge >= 0.3 is 0 Å². The molecule has 1 fully saturated rings. The van der Waals surface area contributed by atoms with E-state index in [9.17, 15) is 5.11 Å². The predicted molar refractivity (Wildman–Crippen MR) is 73.7 cm³/mol. The van der Waals surface area contributed by atoms with E-state index in [0.717, 1.165) is 43.0 Å². The highest BCUT2D eigenvalue weighted by molar-refractivity contribution is 5.67. The molecule has 102 valence electrons. The van der Waals surface area contributed by atoms with Crippen molar-refractivity contribution in [1.82, 2.24) is 9.78 Å². The van der Waals surface area contributed by atoms with Crippen LogP contribution in [0.4, 0.5) is 11.5 Å². The number of piperidine rings is 1. The maximum atomic E-state index is 9.19. The van der Waals surface area contributed by atoms with Gasteiger partial charge in [0.15, 0.2) is 5.82 Å². The lowest BCUT2D eigenvalue weighted by molar-refractivity contribution is 0.261. The quantitative estimate of drug-likeness (QED) is 0.847. The van der Waals surface area contributed by atoms with Crippen LogP contribution in [0.5, 0.6) is 0 Å². The molecule has 0 amide bonds. The Morgan fingerprint density at radius 1 is 1.44 bits per heavy atom. The first-order chi connectivity index (χ1) is 8.69. The van der Waals surface area contributed by atoms with Crippen molar-refractivity contribution in [2.45, 2.75) is 45.1 Å². The normalized spacial score (nSPS) is 20.4. The number of aryl methyl sites for hydroxylation is 2. The number of nitrogens with two attached hydrogens (primary N) is 1. The van der Waals surface area contributed by atoms with Crippen molar-refractivity contribution >= 4 is 11.5 Å². The minimum absolute atomic E-state index is 0.236. The predicted octanol–water partition coefficient (Wildman–Crippen LogP) is 1.31. The third-order valence-electron chi connectivity index (χ3n) is 3.83. The van der Waals surface area contributed by atoms with Crippen molar-refractivity contribution in [2.24, 2.45) is 7.05 Å². The van der Waals surface area contributed by atoms with Gasteiger partial charge in [0.25, 0.3) is 0 Å². The molecule has 1 aliphatic heterocycles. The van der Waals surface area contributed by atoms with Gasteiger partial charge in [-0.25, -0.2) is 0 Å². The van der Waals surface area contributed by atoms with E-state index in [4.69, 9.17) is 5.73 Å². The van der Waals surface area contributed by atoms with Crippen LogP contribution in [-0.4, -0.2) is 34.1 Å². The van der Waals surface area contributed by atoms with Gasteiger partial charge in [0.2, 0.25) is 0 Å². The molecule has 5 nitrogen and oxygen atoms in total. The molecule has 0 bridgehead atoms. The molecule has 0 spiro atoms. The van der Waals surface area contributed by atoms with Crippen molar-refractivity contribution in [3.63, 3.8) is 0 Å². The zero-order valence-electron chi connectivity index (χ0n) is 11.4. The van der Waals surface area contributed by atoms with Crippen LogP contribution in [0, 0.1) is 0 Å². The van der Waals surface area contributed by atoms with Crippen molar-refractivity contribution in [2.75, 3.05) is 23.8 Å². The Labute approximate surface area is 109 Å². The minimum Gasteiger partial charge on any atom is -0.396 e. The Balaban J connectivity index is 2.30. The third-order valence-corrected chi connectivity index (χ3v) is 3.83. The number of nitrogens with zero attached hydrogens (tertiary/aromatic N) is 3. The van der Waals surface area contributed by atoms with Gasteiger partial charge in [-0.2, -0.15) is 5.10 Å². The average molecular weight is 252 g/mol. The fourth-order valence-corrected chi connectivity index (χ4v) is 2.92. The molecule has 3 N–H and O–H groups in total. The van der Waals surface area contributed by atoms with Crippen LogP contribution in [0.15, 0.2) is 0 Å². The molecular formula is C13H24N4O. The fourth-order valence-electron chi connectivity index (χ4n) is 2.92. The van der Waals surface area contributed by atoms with Crippen molar-refractivity contribution in [3.8, 4) is 0 Å². The van der Waals surface area contributed by atoms with Crippen LogP contribution in [0.2, 0.25) is 0 Å². The lowest BCUT2D eigenvalue weighted by Gasteiger charge is -2.37. The van der Waals surface area contributed by atoms with Crippen molar-refractivity contribution < 1.29 is 5.11 Å². The fraction of sp³-hybridized carbons (Fsp3) is 0.769. The van der Waals surface area contributed by atoms with Crippen LogP contribution < -0.4 is 10.6 Å². The second-order valence-electron chi connectivity index (χ2n) is 5.02. The smallest absolute Gasteiger partial charge is 0.150 e. The van der Waals surface area contributed by atoms with E-state index in [0.29, 0.717) is 6.04 Å². The van der Waals surface area contributed by atoms with Gasteiger partial charge in [-0.1, -0.05) is 6.92 Å². The van der Waals surface area contributed by atoms with E-state index in [1.165, 1.54) is 12.8 Å². The monoisotopic (exact) mass is 252 g/mol. The highest BCUT2D eigenvalue weighted by atomic mass is 16.3. The summed E-state index contributed by atoms with van der Waals surface area (Å²) in [5, 5.41) is 13.7. The first kappa shape index (κ1) is 13.2. The van der Waals surface area contributed by atoms with E-state index >= 15 is 0 Å². The van der Waals surface area contributed by atoms with Crippen LogP contribution in [0.3, 0.4) is 0 Å². The number of hydrogen-bond donors (Lipinski definition) is 2. The summed E-state index contributed by atoms with van der Waals surface area (Å²) in [6.45, 7) is 3.32. The summed E-state index contributed by atoms with van der Waals surface area (Å²) in [5.41, 5.74) is 8.00. The molecule has 1 atom stereocenters. The molecule has 2 heterocycles. The SMILES string of the molecule is CCc1nn(C)c(N2CCCCC2CCO)c1N. The molecule has 0 saturated carbocycles. The summed E-state index contributed by atoms with van der Waals surface area (Å²) in [4.78, 5) is 2.33. The van der Waals surface area contributed by atoms with Crippen molar-refractivity contribution in [1.29, 1.82) is 0 Å². The summed E-state index contributed by atoms with van der Waals surface area (Å²) < 4.78 is 1.89. The molecule has 5 heteroatoms. The van der Waals surface area contributed by atoms with Crippen molar-refractivity contribution in [3.05, 3.63) is 5.69 Å². The molecule has 0 aliphatic carbocycles.